The second kappa shape index (κ2) is 9.24. The summed E-state index contributed by atoms with van der Waals surface area (Å²) in [7, 11) is 0. The van der Waals surface area contributed by atoms with Crippen molar-refractivity contribution in [1.29, 1.82) is 0 Å². The average molecular weight is 528 g/mol. The number of hydrogen-bond acceptors (Lipinski definition) is 7. The summed E-state index contributed by atoms with van der Waals surface area (Å²) in [5, 5.41) is 11.4. The number of carbonyl (C=O) groups excluding carboxylic acids is 1. The van der Waals surface area contributed by atoms with Crippen LogP contribution in [0.5, 0.6) is 0 Å². The van der Waals surface area contributed by atoms with E-state index >= 15 is 0 Å². The molecule has 0 saturated heterocycles. The van der Waals surface area contributed by atoms with Crippen molar-refractivity contribution in [2.24, 2.45) is 4.99 Å². The number of benzene rings is 2. The van der Waals surface area contributed by atoms with Gasteiger partial charge >= 0.3 is 5.97 Å². The van der Waals surface area contributed by atoms with Gasteiger partial charge in [-0.15, -0.1) is 0 Å². The van der Waals surface area contributed by atoms with E-state index in [0.717, 1.165) is 10.0 Å². The molecule has 1 aromatic heterocycles. The van der Waals surface area contributed by atoms with E-state index in [0.29, 0.717) is 20.6 Å². The summed E-state index contributed by atoms with van der Waals surface area (Å²) in [5.74, 6) is -0.613. The number of carbonyl (C=O) groups is 1. The highest BCUT2D eigenvalue weighted by molar-refractivity contribution is 9.10. The monoisotopic (exact) mass is 527 g/mol. The maximum Gasteiger partial charge on any atom is 0.338 e. The number of nitro benzene ring substituents is 1. The number of ether oxygens (including phenoxy) is 1. The van der Waals surface area contributed by atoms with Gasteiger partial charge in [0.05, 0.1) is 33.4 Å². The molecule has 0 radical (unpaired) electrons. The highest BCUT2D eigenvalue weighted by Crippen LogP contribution is 2.32. The summed E-state index contributed by atoms with van der Waals surface area (Å²) < 4.78 is 8.00. The maximum atomic E-state index is 13.5. The minimum Gasteiger partial charge on any atom is -0.463 e. The van der Waals surface area contributed by atoms with Crippen LogP contribution in [0.2, 0.25) is 0 Å². The van der Waals surface area contributed by atoms with E-state index in [1.54, 1.807) is 26.0 Å². The number of halogens is 1. The van der Waals surface area contributed by atoms with Crippen molar-refractivity contribution in [3.05, 3.63) is 105 Å². The minimum atomic E-state index is -0.896. The van der Waals surface area contributed by atoms with Gasteiger partial charge in [0.1, 0.15) is 0 Å². The number of esters is 1. The first-order valence-corrected chi connectivity index (χ1v) is 11.6. The van der Waals surface area contributed by atoms with E-state index in [1.807, 2.05) is 24.3 Å². The molecule has 2 aromatic carbocycles. The third-order valence-electron chi connectivity index (χ3n) is 5.08. The van der Waals surface area contributed by atoms with E-state index in [2.05, 4.69) is 20.9 Å². The third kappa shape index (κ3) is 4.44. The molecule has 168 valence electrons. The second-order valence-electron chi connectivity index (χ2n) is 7.21. The number of fused-ring (bicyclic) bond motifs is 1. The van der Waals surface area contributed by atoms with Crippen LogP contribution in [-0.2, 0) is 9.53 Å². The SMILES string of the molecule is CCOC(=O)C1=C(C)N=c2sc(=Cc3ccc(Br)cc3)c(=O)n2C1c1cccc([N+](=O)[O-])c1. The van der Waals surface area contributed by atoms with Crippen molar-refractivity contribution < 1.29 is 14.5 Å². The lowest BCUT2D eigenvalue weighted by molar-refractivity contribution is -0.384. The standard InChI is InChI=1S/C23H18BrN3O5S/c1-3-32-22(29)19-13(2)25-23-26(20(19)15-5-4-6-17(12-15)27(30)31)21(28)18(33-23)11-14-7-9-16(24)10-8-14/h4-12,20H,3H2,1-2H3. The van der Waals surface area contributed by atoms with E-state index in [4.69, 9.17) is 4.74 Å². The molecule has 1 aliphatic rings. The van der Waals surface area contributed by atoms with Gasteiger partial charge in [0.25, 0.3) is 11.2 Å². The molecule has 0 amide bonds. The molecule has 0 aliphatic carbocycles. The van der Waals surface area contributed by atoms with E-state index in [1.165, 1.54) is 34.1 Å². The molecule has 1 atom stereocenters. The number of allylic oxidation sites excluding steroid dienone is 1. The van der Waals surface area contributed by atoms with Crippen molar-refractivity contribution in [2.45, 2.75) is 19.9 Å². The van der Waals surface area contributed by atoms with Crippen LogP contribution in [0.4, 0.5) is 5.69 Å². The van der Waals surface area contributed by atoms with Gasteiger partial charge in [-0.25, -0.2) is 9.79 Å². The molecule has 0 saturated carbocycles. The average Bonchev–Trinajstić information content (AvgIpc) is 3.09. The van der Waals surface area contributed by atoms with Crippen molar-refractivity contribution in [3.8, 4) is 0 Å². The van der Waals surface area contributed by atoms with Crippen LogP contribution < -0.4 is 14.9 Å². The molecule has 1 aliphatic heterocycles. The van der Waals surface area contributed by atoms with Gasteiger partial charge in [-0.05, 0) is 43.2 Å². The Kier molecular flexibility index (Phi) is 6.39. The van der Waals surface area contributed by atoms with Gasteiger partial charge in [-0.2, -0.15) is 0 Å². The van der Waals surface area contributed by atoms with Gasteiger partial charge in [-0.3, -0.25) is 19.5 Å². The predicted molar refractivity (Wildman–Crippen MR) is 128 cm³/mol. The molecule has 2 heterocycles. The predicted octanol–water partition coefficient (Wildman–Crippen LogP) is 3.47. The first-order chi connectivity index (χ1) is 15.8. The molecular weight excluding hydrogens is 510 g/mol. The molecule has 0 bridgehead atoms. The molecule has 33 heavy (non-hydrogen) atoms. The van der Waals surface area contributed by atoms with Crippen molar-refractivity contribution in [1.82, 2.24) is 4.57 Å². The summed E-state index contributed by atoms with van der Waals surface area (Å²) >= 11 is 4.59. The van der Waals surface area contributed by atoms with Gasteiger partial charge in [0.15, 0.2) is 4.80 Å². The second-order valence-corrected chi connectivity index (χ2v) is 9.13. The number of rotatable bonds is 5. The highest BCUT2D eigenvalue weighted by Gasteiger charge is 2.34. The molecule has 3 aromatic rings. The number of non-ortho nitro benzene ring substituents is 1. The summed E-state index contributed by atoms with van der Waals surface area (Å²) in [4.78, 5) is 42.1. The molecule has 4 rings (SSSR count). The Balaban J connectivity index is 1.97. The largest absolute Gasteiger partial charge is 0.463 e. The number of thiazole rings is 1. The first-order valence-electron chi connectivity index (χ1n) is 9.99. The number of aromatic nitrogens is 1. The van der Waals surface area contributed by atoms with Crippen molar-refractivity contribution in [2.75, 3.05) is 6.61 Å². The van der Waals surface area contributed by atoms with Crippen LogP contribution in [0.3, 0.4) is 0 Å². The van der Waals surface area contributed by atoms with Gasteiger partial charge in [0.2, 0.25) is 0 Å². The zero-order chi connectivity index (χ0) is 23.7. The van der Waals surface area contributed by atoms with Gasteiger partial charge in [-0.1, -0.05) is 51.5 Å². The third-order valence-corrected chi connectivity index (χ3v) is 6.59. The molecular formula is C23H18BrN3O5S. The van der Waals surface area contributed by atoms with E-state index in [9.17, 15) is 19.7 Å². The number of nitrogens with zero attached hydrogens (tertiary/aromatic N) is 3. The lowest BCUT2D eigenvalue weighted by Gasteiger charge is -2.24. The van der Waals surface area contributed by atoms with E-state index < -0.39 is 16.9 Å². The lowest BCUT2D eigenvalue weighted by atomic mass is 9.95. The lowest BCUT2D eigenvalue weighted by Crippen LogP contribution is -2.39. The Morgan fingerprint density at radius 1 is 1.30 bits per heavy atom. The summed E-state index contributed by atoms with van der Waals surface area (Å²) in [6.07, 6.45) is 1.75. The fourth-order valence-electron chi connectivity index (χ4n) is 3.63. The number of hydrogen-bond donors (Lipinski definition) is 0. The van der Waals surface area contributed by atoms with Crippen LogP contribution in [0.1, 0.15) is 31.0 Å². The van der Waals surface area contributed by atoms with E-state index in [-0.39, 0.29) is 23.4 Å². The Bertz CT molecular complexity index is 1470. The zero-order valence-electron chi connectivity index (χ0n) is 17.6. The van der Waals surface area contributed by atoms with Crippen LogP contribution in [-0.4, -0.2) is 22.1 Å². The van der Waals surface area contributed by atoms with Crippen LogP contribution in [0.25, 0.3) is 6.08 Å². The first kappa shape index (κ1) is 22.8. The Labute approximate surface area is 200 Å². The summed E-state index contributed by atoms with van der Waals surface area (Å²) in [5.41, 5.74) is 1.37. The topological polar surface area (TPSA) is 104 Å². The quantitative estimate of drug-likeness (QED) is 0.287. The zero-order valence-corrected chi connectivity index (χ0v) is 20.1. The molecule has 1 unspecified atom stereocenters. The fourth-order valence-corrected chi connectivity index (χ4v) is 4.94. The Hall–Kier alpha value is -3.37. The normalized spacial score (nSPS) is 15.7. The van der Waals surface area contributed by atoms with Crippen molar-refractivity contribution >= 4 is 45.0 Å². The molecule has 0 spiro atoms. The molecule has 10 heteroatoms. The Morgan fingerprint density at radius 3 is 2.70 bits per heavy atom. The van der Waals surface area contributed by atoms with Gasteiger partial charge < -0.3 is 4.74 Å². The molecule has 8 nitrogen and oxygen atoms in total. The van der Waals surface area contributed by atoms with Crippen LogP contribution in [0.15, 0.2) is 74.1 Å². The minimum absolute atomic E-state index is 0.137. The smallest absolute Gasteiger partial charge is 0.338 e. The van der Waals surface area contributed by atoms with Gasteiger partial charge in [0, 0.05) is 16.6 Å². The molecule has 0 N–H and O–H groups in total. The Morgan fingerprint density at radius 2 is 2.03 bits per heavy atom. The maximum absolute atomic E-state index is 13.5. The van der Waals surface area contributed by atoms with Crippen molar-refractivity contribution in [3.63, 3.8) is 0 Å². The summed E-state index contributed by atoms with van der Waals surface area (Å²) in [6.45, 7) is 3.50. The fraction of sp³-hybridized carbons (Fsp3) is 0.174. The highest BCUT2D eigenvalue weighted by atomic mass is 79.9. The molecule has 0 fully saturated rings. The van der Waals surface area contributed by atoms with Crippen LogP contribution in [0, 0.1) is 10.1 Å². The number of nitro groups is 1. The van der Waals surface area contributed by atoms with Crippen LogP contribution >= 0.6 is 27.3 Å². The summed E-state index contributed by atoms with van der Waals surface area (Å²) in [6, 6.07) is 12.5.